The predicted molar refractivity (Wildman–Crippen MR) is 96.5 cm³/mol. The van der Waals surface area contributed by atoms with Gasteiger partial charge in [0.05, 0.1) is 13.1 Å². The summed E-state index contributed by atoms with van der Waals surface area (Å²) in [4.78, 5) is 14.5. The molecule has 1 heterocycles. The number of nitrogens with one attached hydrogen (secondary N) is 1. The number of carbonyl (C=O) groups excluding carboxylic acids is 1. The summed E-state index contributed by atoms with van der Waals surface area (Å²) >= 11 is 0. The third-order valence-corrected chi connectivity index (χ3v) is 4.41. The Bertz CT molecular complexity index is 672. The number of amides is 1. The molecule has 0 fully saturated rings. The smallest absolute Gasteiger partial charge is 0.239 e. The minimum Gasteiger partial charge on any atom is -0.492 e. The van der Waals surface area contributed by atoms with E-state index in [9.17, 15) is 4.79 Å². The maximum atomic E-state index is 12.3. The summed E-state index contributed by atoms with van der Waals surface area (Å²) in [6, 6.07) is 18.4. The summed E-state index contributed by atoms with van der Waals surface area (Å²) in [6.07, 6.45) is 2.17. The fraction of sp³-hybridized carbons (Fsp3) is 0.350. The highest BCUT2D eigenvalue weighted by atomic mass is 16.5. The van der Waals surface area contributed by atoms with Crippen molar-refractivity contribution in [1.82, 2.24) is 5.32 Å². The average molecular weight is 324 g/mol. The van der Waals surface area contributed by atoms with E-state index >= 15 is 0 Å². The largest absolute Gasteiger partial charge is 0.492 e. The van der Waals surface area contributed by atoms with E-state index < -0.39 is 0 Å². The number of ether oxygens (including phenoxy) is 1. The van der Waals surface area contributed by atoms with Gasteiger partial charge in [0.25, 0.3) is 0 Å². The second-order valence-corrected chi connectivity index (χ2v) is 6.16. The number of nitrogens with zero attached hydrogens (tertiary/aromatic N) is 1. The van der Waals surface area contributed by atoms with Crippen LogP contribution in [-0.2, 0) is 11.2 Å². The molecule has 1 aliphatic rings. The first-order chi connectivity index (χ1) is 11.7. The lowest BCUT2D eigenvalue weighted by atomic mass is 9.97. The van der Waals surface area contributed by atoms with Crippen molar-refractivity contribution < 1.29 is 9.53 Å². The van der Waals surface area contributed by atoms with Crippen LogP contribution in [0.3, 0.4) is 0 Å². The molecule has 0 aliphatic carbocycles. The van der Waals surface area contributed by atoms with E-state index in [1.54, 1.807) is 0 Å². The Hall–Kier alpha value is -2.49. The van der Waals surface area contributed by atoms with E-state index in [4.69, 9.17) is 4.74 Å². The Morgan fingerprint density at radius 2 is 1.92 bits per heavy atom. The SMILES string of the molecule is CC1CCc2ccccc2N1CC(=O)NCCOc1ccccc1. The van der Waals surface area contributed by atoms with Gasteiger partial charge in [-0.3, -0.25) is 4.79 Å². The van der Waals surface area contributed by atoms with E-state index in [0.29, 0.717) is 25.7 Å². The molecule has 0 spiro atoms. The highest BCUT2D eigenvalue weighted by Crippen LogP contribution is 2.29. The van der Waals surface area contributed by atoms with Crippen molar-refractivity contribution >= 4 is 11.6 Å². The number of hydrogen-bond acceptors (Lipinski definition) is 3. The van der Waals surface area contributed by atoms with E-state index in [1.807, 2.05) is 36.4 Å². The van der Waals surface area contributed by atoms with E-state index in [1.165, 1.54) is 11.3 Å². The number of hydrogen-bond donors (Lipinski definition) is 1. The zero-order chi connectivity index (χ0) is 16.8. The van der Waals surface area contributed by atoms with Gasteiger partial charge in [-0.2, -0.15) is 0 Å². The number of para-hydroxylation sites is 2. The minimum atomic E-state index is 0.0372. The number of carbonyl (C=O) groups is 1. The highest BCUT2D eigenvalue weighted by Gasteiger charge is 2.24. The van der Waals surface area contributed by atoms with Gasteiger partial charge in [-0.1, -0.05) is 36.4 Å². The molecule has 3 rings (SSSR count). The Balaban J connectivity index is 1.48. The molecule has 4 heteroatoms. The molecule has 0 saturated carbocycles. The molecule has 2 aromatic rings. The topological polar surface area (TPSA) is 41.6 Å². The maximum Gasteiger partial charge on any atom is 0.239 e. The molecule has 24 heavy (non-hydrogen) atoms. The zero-order valence-electron chi connectivity index (χ0n) is 14.1. The molecule has 1 amide bonds. The Labute approximate surface area is 143 Å². The normalized spacial score (nSPS) is 16.4. The lowest BCUT2D eigenvalue weighted by Crippen LogP contribution is -2.45. The van der Waals surface area contributed by atoms with Gasteiger partial charge in [-0.15, -0.1) is 0 Å². The van der Waals surface area contributed by atoms with Crippen molar-refractivity contribution in [2.24, 2.45) is 0 Å². The molecular formula is C20H24N2O2. The van der Waals surface area contributed by atoms with Crippen molar-refractivity contribution in [3.63, 3.8) is 0 Å². The summed E-state index contributed by atoms with van der Waals surface area (Å²) in [5, 5.41) is 2.95. The average Bonchev–Trinajstić information content (AvgIpc) is 2.62. The summed E-state index contributed by atoms with van der Waals surface area (Å²) < 4.78 is 5.60. The molecule has 0 aromatic heterocycles. The Morgan fingerprint density at radius 3 is 2.75 bits per heavy atom. The molecule has 126 valence electrons. The van der Waals surface area contributed by atoms with Crippen LogP contribution < -0.4 is 15.0 Å². The molecule has 0 radical (unpaired) electrons. The molecule has 1 aliphatic heterocycles. The molecule has 2 aromatic carbocycles. The molecule has 1 atom stereocenters. The van der Waals surface area contributed by atoms with Crippen LogP contribution in [0.2, 0.25) is 0 Å². The summed E-state index contributed by atoms with van der Waals surface area (Å²) in [6.45, 7) is 3.56. The van der Waals surface area contributed by atoms with Crippen LogP contribution in [0.25, 0.3) is 0 Å². The quantitative estimate of drug-likeness (QED) is 0.831. The lowest BCUT2D eigenvalue weighted by Gasteiger charge is -2.36. The molecule has 4 nitrogen and oxygen atoms in total. The lowest BCUT2D eigenvalue weighted by molar-refractivity contribution is -0.120. The van der Waals surface area contributed by atoms with Crippen LogP contribution in [0, 0.1) is 0 Å². The fourth-order valence-electron chi connectivity index (χ4n) is 3.09. The van der Waals surface area contributed by atoms with Crippen LogP contribution in [0.1, 0.15) is 18.9 Å². The second kappa shape index (κ2) is 7.86. The van der Waals surface area contributed by atoms with Crippen LogP contribution in [0.15, 0.2) is 54.6 Å². The monoisotopic (exact) mass is 324 g/mol. The van der Waals surface area contributed by atoms with Gasteiger partial charge in [0.1, 0.15) is 12.4 Å². The summed E-state index contributed by atoms with van der Waals surface area (Å²) in [5.41, 5.74) is 2.52. The number of rotatable bonds is 6. The minimum absolute atomic E-state index is 0.0372. The van der Waals surface area contributed by atoms with Crippen molar-refractivity contribution in [3.05, 3.63) is 60.2 Å². The number of fused-ring (bicyclic) bond motifs is 1. The van der Waals surface area contributed by atoms with Gasteiger partial charge >= 0.3 is 0 Å². The first kappa shape index (κ1) is 16.4. The third-order valence-electron chi connectivity index (χ3n) is 4.41. The van der Waals surface area contributed by atoms with Crippen molar-refractivity contribution in [2.45, 2.75) is 25.8 Å². The van der Waals surface area contributed by atoms with Crippen molar-refractivity contribution in [2.75, 3.05) is 24.6 Å². The van der Waals surface area contributed by atoms with E-state index in [-0.39, 0.29) is 5.91 Å². The highest BCUT2D eigenvalue weighted by molar-refractivity contribution is 5.82. The maximum absolute atomic E-state index is 12.3. The van der Waals surface area contributed by atoms with Crippen LogP contribution >= 0.6 is 0 Å². The first-order valence-electron chi connectivity index (χ1n) is 8.53. The standard InChI is InChI=1S/C20H24N2O2/c1-16-11-12-17-7-5-6-10-19(17)22(16)15-20(23)21-13-14-24-18-8-3-2-4-9-18/h2-10,16H,11-15H2,1H3,(H,21,23). The Morgan fingerprint density at radius 1 is 1.17 bits per heavy atom. The predicted octanol–water partition coefficient (Wildman–Crippen LogP) is 3.02. The number of benzene rings is 2. The van der Waals surface area contributed by atoms with Crippen LogP contribution in [0.4, 0.5) is 5.69 Å². The van der Waals surface area contributed by atoms with Crippen LogP contribution in [0.5, 0.6) is 5.75 Å². The Kier molecular flexibility index (Phi) is 5.36. The summed E-state index contributed by atoms with van der Waals surface area (Å²) in [7, 11) is 0. The van der Waals surface area contributed by atoms with Gasteiger partial charge in [-0.25, -0.2) is 0 Å². The summed E-state index contributed by atoms with van der Waals surface area (Å²) in [5.74, 6) is 0.862. The van der Waals surface area contributed by atoms with E-state index in [0.717, 1.165) is 18.6 Å². The van der Waals surface area contributed by atoms with Gasteiger partial charge < -0.3 is 15.0 Å². The fourth-order valence-corrected chi connectivity index (χ4v) is 3.09. The second-order valence-electron chi connectivity index (χ2n) is 6.16. The first-order valence-corrected chi connectivity index (χ1v) is 8.53. The van der Waals surface area contributed by atoms with Crippen molar-refractivity contribution in [1.29, 1.82) is 0 Å². The molecule has 1 unspecified atom stereocenters. The van der Waals surface area contributed by atoms with Gasteiger partial charge in [0, 0.05) is 11.7 Å². The van der Waals surface area contributed by atoms with Gasteiger partial charge in [-0.05, 0) is 43.5 Å². The van der Waals surface area contributed by atoms with Gasteiger partial charge in [0.15, 0.2) is 0 Å². The third kappa shape index (κ3) is 4.07. The molecule has 1 N–H and O–H groups in total. The van der Waals surface area contributed by atoms with Crippen LogP contribution in [-0.4, -0.2) is 31.6 Å². The van der Waals surface area contributed by atoms with Gasteiger partial charge in [0.2, 0.25) is 5.91 Å². The molecule has 0 bridgehead atoms. The van der Waals surface area contributed by atoms with Crippen molar-refractivity contribution in [3.8, 4) is 5.75 Å². The molecule has 0 saturated heterocycles. The van der Waals surface area contributed by atoms with E-state index in [2.05, 4.69) is 35.3 Å². The number of aryl methyl sites for hydroxylation is 1. The number of anilines is 1. The molecular weight excluding hydrogens is 300 g/mol. The zero-order valence-corrected chi connectivity index (χ0v) is 14.1.